The van der Waals surface area contributed by atoms with Crippen LogP contribution in [0.4, 0.5) is 5.69 Å². The first-order valence-electron chi connectivity index (χ1n) is 14.4. The number of rotatable bonds is 14. The lowest BCUT2D eigenvalue weighted by Gasteiger charge is -2.34. The van der Waals surface area contributed by atoms with Crippen molar-refractivity contribution in [3.63, 3.8) is 0 Å². The number of nitrogens with zero attached hydrogens (tertiary/aromatic N) is 2. The van der Waals surface area contributed by atoms with E-state index < -0.39 is 28.5 Å². The predicted octanol–water partition coefficient (Wildman–Crippen LogP) is 6.85. The molecule has 4 aromatic carbocycles. The molecule has 4 rings (SSSR count). The van der Waals surface area contributed by atoms with Gasteiger partial charge in [-0.1, -0.05) is 114 Å². The highest BCUT2D eigenvalue weighted by atomic mass is 79.9. The molecule has 1 unspecified atom stereocenters. The van der Waals surface area contributed by atoms with Gasteiger partial charge in [0.05, 0.1) is 15.6 Å². The molecule has 44 heavy (non-hydrogen) atoms. The smallest absolute Gasteiger partial charge is 0.264 e. The fourth-order valence-electron chi connectivity index (χ4n) is 4.73. The van der Waals surface area contributed by atoms with Crippen molar-refractivity contribution in [2.24, 2.45) is 0 Å². The standard InChI is InChI=1S/C34H35BrClN3O4S/c1-2-3-22-37-34(41)32(23-26-12-6-4-7-13-26)38(24-27-18-20-28(35)21-19-27)33(40)25-39(31-17-11-10-16-30(31)36)44(42,43)29-14-8-5-9-15-29/h4-21,32H,2-3,22-25H2,1H3,(H,37,41). The van der Waals surface area contributed by atoms with Crippen molar-refractivity contribution in [3.8, 4) is 0 Å². The Morgan fingerprint density at radius 3 is 2.09 bits per heavy atom. The lowest BCUT2D eigenvalue weighted by Crippen LogP contribution is -2.53. The highest BCUT2D eigenvalue weighted by molar-refractivity contribution is 9.10. The van der Waals surface area contributed by atoms with Crippen molar-refractivity contribution in [2.45, 2.75) is 43.7 Å². The SMILES string of the molecule is CCCCNC(=O)C(Cc1ccccc1)N(Cc1ccc(Br)cc1)C(=O)CN(c1ccccc1Cl)S(=O)(=O)c1ccccc1. The zero-order valence-electron chi connectivity index (χ0n) is 24.4. The third-order valence-corrected chi connectivity index (χ3v) is 9.72. The molecule has 0 radical (unpaired) electrons. The van der Waals surface area contributed by atoms with E-state index in [1.54, 1.807) is 42.5 Å². The third kappa shape index (κ3) is 8.71. The molecule has 0 heterocycles. The van der Waals surface area contributed by atoms with E-state index in [0.717, 1.165) is 32.7 Å². The van der Waals surface area contributed by atoms with Gasteiger partial charge in [0.2, 0.25) is 11.8 Å². The molecule has 0 saturated carbocycles. The molecule has 2 amide bonds. The second-order valence-electron chi connectivity index (χ2n) is 10.3. The molecule has 7 nitrogen and oxygen atoms in total. The first-order valence-corrected chi connectivity index (χ1v) is 17.0. The van der Waals surface area contributed by atoms with E-state index in [0.29, 0.717) is 6.54 Å². The van der Waals surface area contributed by atoms with E-state index in [9.17, 15) is 18.0 Å². The predicted molar refractivity (Wildman–Crippen MR) is 179 cm³/mol. The largest absolute Gasteiger partial charge is 0.354 e. The fourth-order valence-corrected chi connectivity index (χ4v) is 6.74. The molecule has 0 saturated heterocycles. The molecule has 1 N–H and O–H groups in total. The molecule has 0 aliphatic rings. The second-order valence-corrected chi connectivity index (χ2v) is 13.5. The summed E-state index contributed by atoms with van der Waals surface area (Å²) in [6.45, 7) is 2.03. The Labute approximate surface area is 273 Å². The summed E-state index contributed by atoms with van der Waals surface area (Å²) >= 11 is 9.96. The van der Waals surface area contributed by atoms with Crippen molar-refractivity contribution < 1.29 is 18.0 Å². The molecular weight excluding hydrogens is 662 g/mol. The fraction of sp³-hybridized carbons (Fsp3) is 0.235. The van der Waals surface area contributed by atoms with Crippen LogP contribution in [-0.2, 0) is 32.6 Å². The van der Waals surface area contributed by atoms with Gasteiger partial charge in [-0.3, -0.25) is 13.9 Å². The Hall–Kier alpha value is -3.66. The van der Waals surface area contributed by atoms with Gasteiger partial charge in [-0.15, -0.1) is 0 Å². The molecule has 1 atom stereocenters. The van der Waals surface area contributed by atoms with Gasteiger partial charge in [0, 0.05) is 24.0 Å². The summed E-state index contributed by atoms with van der Waals surface area (Å²) < 4.78 is 29.9. The van der Waals surface area contributed by atoms with Crippen LogP contribution in [0.2, 0.25) is 5.02 Å². The number of para-hydroxylation sites is 1. The quantitative estimate of drug-likeness (QED) is 0.146. The van der Waals surface area contributed by atoms with Gasteiger partial charge in [-0.2, -0.15) is 0 Å². The van der Waals surface area contributed by atoms with Crippen LogP contribution in [0.3, 0.4) is 0 Å². The highest BCUT2D eigenvalue weighted by Gasteiger charge is 2.35. The summed E-state index contributed by atoms with van der Waals surface area (Å²) in [6.07, 6.45) is 1.94. The number of benzene rings is 4. The van der Waals surface area contributed by atoms with Gasteiger partial charge >= 0.3 is 0 Å². The van der Waals surface area contributed by atoms with E-state index in [-0.39, 0.29) is 34.5 Å². The monoisotopic (exact) mass is 695 g/mol. The molecule has 0 fully saturated rings. The summed E-state index contributed by atoms with van der Waals surface area (Å²) in [6, 6.07) is 30.4. The number of anilines is 1. The first-order chi connectivity index (χ1) is 21.2. The maximum atomic E-state index is 14.4. The van der Waals surface area contributed by atoms with Crippen LogP contribution in [0.5, 0.6) is 0 Å². The molecule has 0 spiro atoms. The van der Waals surface area contributed by atoms with Crippen molar-refractivity contribution in [1.82, 2.24) is 10.2 Å². The number of amides is 2. The average Bonchev–Trinajstić information content (AvgIpc) is 3.03. The summed E-state index contributed by atoms with van der Waals surface area (Å²) in [5.41, 5.74) is 1.83. The minimum atomic E-state index is -4.21. The second kappa shape index (κ2) is 15.9. The van der Waals surface area contributed by atoms with Gasteiger partial charge < -0.3 is 10.2 Å². The number of hydrogen-bond donors (Lipinski definition) is 1. The Morgan fingerprint density at radius 2 is 1.45 bits per heavy atom. The zero-order chi connectivity index (χ0) is 31.5. The Morgan fingerprint density at radius 1 is 0.841 bits per heavy atom. The van der Waals surface area contributed by atoms with Crippen LogP contribution < -0.4 is 9.62 Å². The van der Waals surface area contributed by atoms with Crippen LogP contribution in [0.15, 0.2) is 119 Å². The van der Waals surface area contributed by atoms with Crippen LogP contribution in [0, 0.1) is 0 Å². The van der Waals surface area contributed by atoms with Gasteiger partial charge in [0.25, 0.3) is 10.0 Å². The van der Waals surface area contributed by atoms with Gasteiger partial charge in [-0.05, 0) is 53.9 Å². The van der Waals surface area contributed by atoms with Gasteiger partial charge in [0.15, 0.2) is 0 Å². The van der Waals surface area contributed by atoms with E-state index in [4.69, 9.17) is 11.6 Å². The molecule has 0 aliphatic heterocycles. The van der Waals surface area contributed by atoms with Crippen molar-refractivity contribution in [1.29, 1.82) is 0 Å². The molecule has 0 bridgehead atoms. The van der Waals surface area contributed by atoms with Gasteiger partial charge in [-0.25, -0.2) is 8.42 Å². The van der Waals surface area contributed by atoms with Crippen molar-refractivity contribution >= 4 is 55.1 Å². The normalized spacial score (nSPS) is 11.9. The summed E-state index contributed by atoms with van der Waals surface area (Å²) in [5, 5.41) is 3.17. The maximum Gasteiger partial charge on any atom is 0.264 e. The average molecular weight is 697 g/mol. The summed E-state index contributed by atoms with van der Waals surface area (Å²) in [4.78, 5) is 29.7. The van der Waals surface area contributed by atoms with Crippen LogP contribution >= 0.6 is 27.5 Å². The number of hydrogen-bond acceptors (Lipinski definition) is 4. The minimum absolute atomic E-state index is 0.0188. The summed E-state index contributed by atoms with van der Waals surface area (Å²) in [5.74, 6) is -0.845. The number of unbranched alkanes of at least 4 members (excludes halogenated alkanes) is 1. The number of halogens is 2. The number of carbonyl (C=O) groups excluding carboxylic acids is 2. The first kappa shape index (κ1) is 33.2. The molecule has 0 aliphatic carbocycles. The van der Waals surface area contributed by atoms with Crippen molar-refractivity contribution in [2.75, 3.05) is 17.4 Å². The van der Waals surface area contributed by atoms with E-state index in [2.05, 4.69) is 21.2 Å². The topological polar surface area (TPSA) is 86.8 Å². The van der Waals surface area contributed by atoms with E-state index >= 15 is 0 Å². The molecule has 4 aromatic rings. The summed E-state index contributed by atoms with van der Waals surface area (Å²) in [7, 11) is -4.21. The Bertz CT molecular complexity index is 1640. The van der Waals surface area contributed by atoms with Crippen LogP contribution in [0.1, 0.15) is 30.9 Å². The highest BCUT2D eigenvalue weighted by Crippen LogP contribution is 2.31. The minimum Gasteiger partial charge on any atom is -0.354 e. The van der Waals surface area contributed by atoms with Crippen molar-refractivity contribution in [3.05, 3.63) is 130 Å². The van der Waals surface area contributed by atoms with Gasteiger partial charge in [0.1, 0.15) is 12.6 Å². The van der Waals surface area contributed by atoms with Crippen LogP contribution in [-0.4, -0.2) is 44.3 Å². The maximum absolute atomic E-state index is 14.4. The number of carbonyl (C=O) groups is 2. The molecule has 230 valence electrons. The molecule has 0 aromatic heterocycles. The molecule has 10 heteroatoms. The number of sulfonamides is 1. The van der Waals surface area contributed by atoms with Crippen LogP contribution in [0.25, 0.3) is 0 Å². The van der Waals surface area contributed by atoms with E-state index in [1.807, 2.05) is 61.5 Å². The lowest BCUT2D eigenvalue weighted by atomic mass is 10.0. The lowest BCUT2D eigenvalue weighted by molar-refractivity contribution is -0.140. The number of nitrogens with one attached hydrogen (secondary N) is 1. The Kier molecular flexibility index (Phi) is 12.0. The third-order valence-electron chi connectivity index (χ3n) is 7.10. The Balaban J connectivity index is 1.78. The zero-order valence-corrected chi connectivity index (χ0v) is 27.6. The molecular formula is C34H35BrClN3O4S. The van der Waals surface area contributed by atoms with E-state index in [1.165, 1.54) is 17.0 Å².